The number of hydrogen-bond donors (Lipinski definition) is 3. The largest absolute Gasteiger partial charge is 0.494 e. The van der Waals surface area contributed by atoms with Gasteiger partial charge in [-0.2, -0.15) is 0 Å². The first-order valence-electron chi connectivity index (χ1n) is 5.99. The van der Waals surface area contributed by atoms with Gasteiger partial charge in [-0.1, -0.05) is 12.1 Å². The summed E-state index contributed by atoms with van der Waals surface area (Å²) in [6, 6.07) is 7.38. The zero-order chi connectivity index (χ0) is 14.0. The standard InChI is InChI=1S/C14H16N2O3/c1-3-19-10-6-4-5-9(7-10)13-12(15)11(14(17)18)8(2)16-13/h4-7,16H,3,15H2,1-2H3,(H,17,18). The van der Waals surface area contributed by atoms with Gasteiger partial charge >= 0.3 is 5.97 Å². The Morgan fingerprint density at radius 3 is 2.79 bits per heavy atom. The van der Waals surface area contributed by atoms with E-state index in [2.05, 4.69) is 4.98 Å². The van der Waals surface area contributed by atoms with Gasteiger partial charge in [-0.05, 0) is 26.0 Å². The van der Waals surface area contributed by atoms with Crippen LogP contribution in [0.15, 0.2) is 24.3 Å². The van der Waals surface area contributed by atoms with E-state index in [9.17, 15) is 4.79 Å². The third kappa shape index (κ3) is 2.40. The SMILES string of the molecule is CCOc1cccc(-c2[nH]c(C)c(C(=O)O)c2N)c1. The van der Waals surface area contributed by atoms with Crippen molar-refractivity contribution in [1.82, 2.24) is 4.98 Å². The number of carbonyl (C=O) groups is 1. The predicted molar refractivity (Wildman–Crippen MR) is 73.5 cm³/mol. The molecule has 0 atom stereocenters. The highest BCUT2D eigenvalue weighted by Crippen LogP contribution is 2.32. The van der Waals surface area contributed by atoms with Crippen molar-refractivity contribution in [3.05, 3.63) is 35.5 Å². The summed E-state index contributed by atoms with van der Waals surface area (Å²) in [5.74, 6) is -0.304. The van der Waals surface area contributed by atoms with E-state index in [1.54, 1.807) is 6.92 Å². The van der Waals surface area contributed by atoms with Gasteiger partial charge in [-0.15, -0.1) is 0 Å². The van der Waals surface area contributed by atoms with Crippen molar-refractivity contribution in [2.75, 3.05) is 12.3 Å². The molecule has 5 nitrogen and oxygen atoms in total. The number of nitrogens with one attached hydrogen (secondary N) is 1. The minimum atomic E-state index is -1.03. The number of hydrogen-bond acceptors (Lipinski definition) is 3. The molecule has 0 fully saturated rings. The summed E-state index contributed by atoms with van der Waals surface area (Å²) >= 11 is 0. The van der Waals surface area contributed by atoms with Gasteiger partial charge in [-0.3, -0.25) is 0 Å². The van der Waals surface area contributed by atoms with Gasteiger partial charge in [-0.25, -0.2) is 4.79 Å². The van der Waals surface area contributed by atoms with E-state index < -0.39 is 5.97 Å². The Kier molecular flexibility index (Phi) is 3.46. The number of H-pyrrole nitrogens is 1. The first-order chi connectivity index (χ1) is 9.04. The molecule has 0 aliphatic heterocycles. The fourth-order valence-electron chi connectivity index (χ4n) is 2.06. The number of aromatic amines is 1. The van der Waals surface area contributed by atoms with Gasteiger partial charge in [0.05, 0.1) is 18.0 Å². The monoisotopic (exact) mass is 260 g/mol. The molecule has 0 bridgehead atoms. The summed E-state index contributed by atoms with van der Waals surface area (Å²) in [7, 11) is 0. The number of nitrogens with two attached hydrogens (primary N) is 1. The third-order valence-corrected chi connectivity index (χ3v) is 2.87. The number of aryl methyl sites for hydroxylation is 1. The molecular weight excluding hydrogens is 244 g/mol. The highest BCUT2D eigenvalue weighted by atomic mass is 16.5. The van der Waals surface area contributed by atoms with Gasteiger partial charge < -0.3 is 20.6 Å². The smallest absolute Gasteiger partial charge is 0.339 e. The number of benzene rings is 1. The molecule has 2 aromatic rings. The first kappa shape index (κ1) is 13.0. The highest BCUT2D eigenvalue weighted by Gasteiger charge is 2.19. The van der Waals surface area contributed by atoms with Crippen LogP contribution in [0, 0.1) is 6.92 Å². The van der Waals surface area contributed by atoms with E-state index in [-0.39, 0.29) is 11.3 Å². The van der Waals surface area contributed by atoms with Crippen LogP contribution in [-0.2, 0) is 0 Å². The molecule has 1 aromatic carbocycles. The molecule has 100 valence electrons. The summed E-state index contributed by atoms with van der Waals surface area (Å²) in [6.07, 6.45) is 0. The van der Waals surface area contributed by atoms with E-state index in [0.29, 0.717) is 18.0 Å². The van der Waals surface area contributed by atoms with Crippen LogP contribution in [0.1, 0.15) is 23.0 Å². The summed E-state index contributed by atoms with van der Waals surface area (Å²) in [4.78, 5) is 14.2. The van der Waals surface area contributed by atoms with Gasteiger partial charge in [0.15, 0.2) is 0 Å². The van der Waals surface area contributed by atoms with E-state index in [1.165, 1.54) is 0 Å². The molecule has 1 heterocycles. The molecule has 0 saturated carbocycles. The number of aromatic carboxylic acids is 1. The Balaban J connectivity index is 2.50. The lowest BCUT2D eigenvalue weighted by atomic mass is 10.1. The maximum atomic E-state index is 11.1. The van der Waals surface area contributed by atoms with Crippen LogP contribution in [0.5, 0.6) is 5.75 Å². The number of aromatic nitrogens is 1. The number of ether oxygens (including phenoxy) is 1. The van der Waals surface area contributed by atoms with Crippen molar-refractivity contribution in [3.8, 4) is 17.0 Å². The van der Waals surface area contributed by atoms with E-state index in [1.807, 2.05) is 31.2 Å². The second-order valence-corrected chi connectivity index (χ2v) is 4.18. The summed E-state index contributed by atoms with van der Waals surface area (Å²) in [5, 5.41) is 9.12. The Labute approximate surface area is 111 Å². The van der Waals surface area contributed by atoms with Crippen LogP contribution < -0.4 is 10.5 Å². The number of carboxylic acid groups (broad SMARTS) is 1. The van der Waals surface area contributed by atoms with Crippen LogP contribution in [0.25, 0.3) is 11.3 Å². The predicted octanol–water partition coefficient (Wildman–Crippen LogP) is 2.67. The van der Waals surface area contributed by atoms with Crippen molar-refractivity contribution in [2.45, 2.75) is 13.8 Å². The average Bonchev–Trinajstić information content (AvgIpc) is 2.65. The van der Waals surface area contributed by atoms with Crippen molar-refractivity contribution < 1.29 is 14.6 Å². The molecule has 4 N–H and O–H groups in total. The van der Waals surface area contributed by atoms with E-state index in [0.717, 1.165) is 11.3 Å². The molecule has 0 amide bonds. The Hall–Kier alpha value is -2.43. The fourth-order valence-corrected chi connectivity index (χ4v) is 2.06. The zero-order valence-electron chi connectivity index (χ0n) is 10.9. The van der Waals surface area contributed by atoms with E-state index in [4.69, 9.17) is 15.6 Å². The Morgan fingerprint density at radius 2 is 2.21 bits per heavy atom. The van der Waals surface area contributed by atoms with Crippen LogP contribution in [0.2, 0.25) is 0 Å². The number of nitrogen functional groups attached to an aromatic ring is 1. The minimum Gasteiger partial charge on any atom is -0.494 e. The Bertz CT molecular complexity index is 617. The van der Waals surface area contributed by atoms with Gasteiger partial charge in [0.1, 0.15) is 11.3 Å². The van der Waals surface area contributed by atoms with E-state index >= 15 is 0 Å². The van der Waals surface area contributed by atoms with Crippen LogP contribution in [0.4, 0.5) is 5.69 Å². The summed E-state index contributed by atoms with van der Waals surface area (Å²) < 4.78 is 5.42. The van der Waals surface area contributed by atoms with Crippen LogP contribution in [0.3, 0.4) is 0 Å². The molecule has 0 aliphatic rings. The zero-order valence-corrected chi connectivity index (χ0v) is 10.9. The molecule has 1 aromatic heterocycles. The maximum Gasteiger partial charge on any atom is 0.339 e. The molecule has 0 aliphatic carbocycles. The molecule has 0 saturated heterocycles. The average molecular weight is 260 g/mol. The topological polar surface area (TPSA) is 88.3 Å². The van der Waals surface area contributed by atoms with Gasteiger partial charge in [0.25, 0.3) is 0 Å². The fraction of sp³-hybridized carbons (Fsp3) is 0.214. The summed E-state index contributed by atoms with van der Waals surface area (Å²) in [6.45, 7) is 4.17. The quantitative estimate of drug-likeness (QED) is 0.788. The normalized spacial score (nSPS) is 10.4. The third-order valence-electron chi connectivity index (χ3n) is 2.87. The molecule has 5 heteroatoms. The van der Waals surface area contributed by atoms with Crippen LogP contribution in [-0.4, -0.2) is 22.7 Å². The maximum absolute atomic E-state index is 11.1. The van der Waals surface area contributed by atoms with Crippen molar-refractivity contribution in [2.24, 2.45) is 0 Å². The molecule has 2 rings (SSSR count). The van der Waals surface area contributed by atoms with Gasteiger partial charge in [0.2, 0.25) is 0 Å². The minimum absolute atomic E-state index is 0.122. The first-order valence-corrected chi connectivity index (χ1v) is 5.99. The van der Waals surface area contributed by atoms with Crippen LogP contribution >= 0.6 is 0 Å². The second kappa shape index (κ2) is 5.06. The summed E-state index contributed by atoms with van der Waals surface area (Å²) in [5.41, 5.74) is 8.23. The lowest BCUT2D eigenvalue weighted by molar-refractivity contribution is 0.0697. The molecule has 19 heavy (non-hydrogen) atoms. The number of carboxylic acids is 1. The van der Waals surface area contributed by atoms with Gasteiger partial charge in [0, 0.05) is 11.3 Å². The van der Waals surface area contributed by atoms with Crippen molar-refractivity contribution >= 4 is 11.7 Å². The molecule has 0 spiro atoms. The highest BCUT2D eigenvalue weighted by molar-refractivity contribution is 5.99. The second-order valence-electron chi connectivity index (χ2n) is 4.18. The van der Waals surface area contributed by atoms with Crippen molar-refractivity contribution in [3.63, 3.8) is 0 Å². The molecule has 0 unspecified atom stereocenters. The number of anilines is 1. The van der Waals surface area contributed by atoms with Crippen molar-refractivity contribution in [1.29, 1.82) is 0 Å². The lowest BCUT2D eigenvalue weighted by Crippen LogP contribution is -2.01. The Morgan fingerprint density at radius 1 is 1.47 bits per heavy atom. The molecular formula is C14H16N2O3. The lowest BCUT2D eigenvalue weighted by Gasteiger charge is -2.06. The number of rotatable bonds is 4. The molecule has 0 radical (unpaired) electrons.